The van der Waals surface area contributed by atoms with Crippen molar-refractivity contribution in [2.24, 2.45) is 17.6 Å². The van der Waals surface area contributed by atoms with Crippen molar-refractivity contribution in [2.75, 3.05) is 20.4 Å². The van der Waals surface area contributed by atoms with Gasteiger partial charge in [-0.2, -0.15) is 11.8 Å². The van der Waals surface area contributed by atoms with Crippen LogP contribution in [0.3, 0.4) is 0 Å². The molecule has 11 nitrogen and oxygen atoms in total. The van der Waals surface area contributed by atoms with Crippen LogP contribution in [0.15, 0.2) is 23.0 Å². The maximum Gasteiger partial charge on any atom is 0.305 e. The zero-order chi connectivity index (χ0) is 32.5. The molecule has 1 saturated carbocycles. The van der Waals surface area contributed by atoms with Crippen LogP contribution in [-0.2, 0) is 35.1 Å². The highest BCUT2D eigenvalue weighted by atomic mass is 32.2. The molecule has 12 heteroatoms. The smallest absolute Gasteiger partial charge is 0.305 e. The SMILES string of the molecule is CCC(=O)OC1C2C(=C(O)c3c(O)c(C(C)(C)C)cc(CSC)c3C2C)C(=O)C2(O)C(O)=C(C(N)=O)C(=O)C(N(C)C)C12. The molecule has 4 rings (SSSR count). The summed E-state index contributed by atoms with van der Waals surface area (Å²) in [6.07, 6.45) is 0.400. The van der Waals surface area contributed by atoms with Crippen LogP contribution in [0, 0.1) is 11.8 Å². The lowest BCUT2D eigenvalue weighted by Gasteiger charge is -2.54. The van der Waals surface area contributed by atoms with Gasteiger partial charge in [-0.25, -0.2) is 0 Å². The zero-order valence-electron chi connectivity index (χ0n) is 25.6. The predicted molar refractivity (Wildman–Crippen MR) is 160 cm³/mol. The minimum Gasteiger partial charge on any atom is -0.508 e. The number of phenols is 1. The highest BCUT2D eigenvalue weighted by Gasteiger charge is 2.69. The van der Waals surface area contributed by atoms with E-state index in [0.29, 0.717) is 16.9 Å². The van der Waals surface area contributed by atoms with E-state index in [1.54, 1.807) is 13.8 Å². The lowest BCUT2D eigenvalue weighted by Crippen LogP contribution is -2.71. The molecule has 234 valence electrons. The summed E-state index contributed by atoms with van der Waals surface area (Å²) >= 11 is 1.52. The molecule has 0 aliphatic heterocycles. The fourth-order valence-electron chi connectivity index (χ4n) is 7.06. The molecule has 1 fully saturated rings. The number of thioether (sulfide) groups is 1. The maximum atomic E-state index is 14.5. The number of carbonyl (C=O) groups is 4. The van der Waals surface area contributed by atoms with Crippen LogP contribution in [0.5, 0.6) is 5.75 Å². The zero-order valence-corrected chi connectivity index (χ0v) is 26.5. The Morgan fingerprint density at radius 3 is 2.26 bits per heavy atom. The van der Waals surface area contributed by atoms with Crippen LogP contribution in [0.2, 0.25) is 0 Å². The Hall–Kier alpha value is -3.35. The van der Waals surface area contributed by atoms with Crippen molar-refractivity contribution in [1.82, 2.24) is 4.90 Å². The van der Waals surface area contributed by atoms with E-state index in [-0.39, 0.29) is 23.3 Å². The fourth-order valence-corrected chi connectivity index (χ4v) is 7.61. The van der Waals surface area contributed by atoms with E-state index >= 15 is 0 Å². The number of aliphatic hydroxyl groups excluding tert-OH is 2. The lowest BCUT2D eigenvalue weighted by atomic mass is 9.53. The number of ether oxygens (including phenoxy) is 1. The second-order valence-electron chi connectivity index (χ2n) is 12.8. The molecule has 1 amide bonds. The number of aromatic hydroxyl groups is 1. The molecule has 6 unspecified atom stereocenters. The number of likely N-dealkylation sites (N-methyl/N-ethyl adjacent to an activating group) is 1. The molecule has 3 aliphatic carbocycles. The summed E-state index contributed by atoms with van der Waals surface area (Å²) < 4.78 is 5.91. The van der Waals surface area contributed by atoms with Gasteiger partial charge in [0.05, 0.1) is 17.5 Å². The van der Waals surface area contributed by atoms with Crippen molar-refractivity contribution in [3.63, 3.8) is 0 Å². The number of phenolic OH excluding ortho intramolecular Hbond substituents is 1. The van der Waals surface area contributed by atoms with Gasteiger partial charge in [0.15, 0.2) is 11.4 Å². The first kappa shape index (κ1) is 32.6. The number of Topliss-reactive ketones (excluding diaryl/α,β-unsaturated/α-hetero) is 2. The number of benzene rings is 1. The summed E-state index contributed by atoms with van der Waals surface area (Å²) in [4.78, 5) is 54.7. The summed E-state index contributed by atoms with van der Waals surface area (Å²) in [6, 6.07) is 0.454. The summed E-state index contributed by atoms with van der Waals surface area (Å²) in [5.41, 5.74) is 2.45. The molecule has 0 spiro atoms. The maximum absolute atomic E-state index is 14.5. The van der Waals surface area contributed by atoms with Gasteiger partial charge < -0.3 is 30.9 Å². The fraction of sp³-hybridized carbons (Fsp3) is 0.548. The van der Waals surface area contributed by atoms with E-state index in [1.807, 2.05) is 33.1 Å². The molecule has 0 bridgehead atoms. The Morgan fingerprint density at radius 1 is 1.16 bits per heavy atom. The molecule has 1 aromatic carbocycles. The Balaban J connectivity index is 2.18. The van der Waals surface area contributed by atoms with Crippen molar-refractivity contribution < 1.29 is 44.3 Å². The van der Waals surface area contributed by atoms with Gasteiger partial charge in [-0.3, -0.25) is 24.1 Å². The minimum atomic E-state index is -2.97. The Morgan fingerprint density at radius 2 is 1.77 bits per heavy atom. The first-order valence-corrected chi connectivity index (χ1v) is 15.5. The number of hydrogen-bond acceptors (Lipinski definition) is 11. The molecule has 6 atom stereocenters. The van der Waals surface area contributed by atoms with E-state index < -0.39 is 81.4 Å². The van der Waals surface area contributed by atoms with Gasteiger partial charge >= 0.3 is 5.97 Å². The summed E-state index contributed by atoms with van der Waals surface area (Å²) in [6.45, 7) is 9.00. The summed E-state index contributed by atoms with van der Waals surface area (Å²) in [7, 11) is 2.97. The van der Waals surface area contributed by atoms with Crippen LogP contribution in [0.25, 0.3) is 5.76 Å². The molecule has 0 radical (unpaired) electrons. The average Bonchev–Trinajstić information content (AvgIpc) is 2.90. The largest absolute Gasteiger partial charge is 0.508 e. The van der Waals surface area contributed by atoms with Crippen molar-refractivity contribution >= 4 is 41.0 Å². The first-order valence-electron chi connectivity index (χ1n) is 14.1. The minimum absolute atomic E-state index is 0.0147. The average molecular weight is 617 g/mol. The van der Waals surface area contributed by atoms with Gasteiger partial charge in [-0.15, -0.1) is 0 Å². The predicted octanol–water partition coefficient (Wildman–Crippen LogP) is 2.62. The van der Waals surface area contributed by atoms with Gasteiger partial charge in [0.2, 0.25) is 5.78 Å². The van der Waals surface area contributed by atoms with E-state index in [2.05, 4.69) is 0 Å². The molecule has 0 heterocycles. The van der Waals surface area contributed by atoms with Gasteiger partial charge in [0.25, 0.3) is 5.91 Å². The molecular formula is C31H40N2O9S. The third-order valence-electron chi connectivity index (χ3n) is 8.95. The molecule has 6 N–H and O–H groups in total. The number of fused-ring (bicyclic) bond motifs is 3. The van der Waals surface area contributed by atoms with Crippen LogP contribution >= 0.6 is 11.8 Å². The normalized spacial score (nSPS) is 28.9. The number of primary amides is 1. The van der Waals surface area contributed by atoms with Gasteiger partial charge in [0.1, 0.15) is 28.9 Å². The molecule has 43 heavy (non-hydrogen) atoms. The summed E-state index contributed by atoms with van der Waals surface area (Å²) in [5, 5.41) is 46.9. The van der Waals surface area contributed by atoms with Gasteiger partial charge in [-0.1, -0.05) is 40.7 Å². The number of hydrogen-bond donors (Lipinski definition) is 5. The number of nitrogens with two attached hydrogens (primary N) is 1. The number of amides is 1. The number of esters is 1. The van der Waals surface area contributed by atoms with Crippen molar-refractivity contribution in [2.45, 2.75) is 75.9 Å². The molecule has 0 saturated heterocycles. The second-order valence-corrected chi connectivity index (χ2v) is 13.6. The topological polar surface area (TPSA) is 188 Å². The molecular weight excluding hydrogens is 576 g/mol. The quantitative estimate of drug-likeness (QED) is 0.233. The standard InChI is InChI=1S/C31H40N2O9S/c1-9-15(34)42-26-17-12(2)16-13(11-43-8)10-14(30(3,4)5)23(35)18(16)24(36)19(17)27(38)31(41)21(26)22(33(6)7)25(37)20(28(31)39)29(32)40/h10,12,17,21-22,26,35-36,39,41H,9,11H2,1-8H3,(H2,32,40). The first-order chi connectivity index (χ1) is 19.9. The highest BCUT2D eigenvalue weighted by Crippen LogP contribution is 2.58. The van der Waals surface area contributed by atoms with E-state index in [4.69, 9.17) is 10.5 Å². The van der Waals surface area contributed by atoms with Crippen molar-refractivity contribution in [3.05, 3.63) is 45.2 Å². The number of ketones is 2. The molecule has 1 aromatic rings. The molecule has 0 aromatic heterocycles. The van der Waals surface area contributed by atoms with E-state index in [1.165, 1.54) is 30.8 Å². The molecule has 3 aliphatic rings. The van der Waals surface area contributed by atoms with Crippen LogP contribution in [-0.4, -0.2) is 86.9 Å². The van der Waals surface area contributed by atoms with Crippen LogP contribution in [0.4, 0.5) is 0 Å². The van der Waals surface area contributed by atoms with Gasteiger partial charge in [-0.05, 0) is 42.8 Å². The van der Waals surface area contributed by atoms with Crippen LogP contribution in [0.1, 0.15) is 69.2 Å². The Labute approximate surface area is 254 Å². The third-order valence-corrected chi connectivity index (χ3v) is 9.55. The van der Waals surface area contributed by atoms with Crippen molar-refractivity contribution in [1.29, 1.82) is 0 Å². The number of rotatable bonds is 6. The number of carbonyl (C=O) groups excluding carboxylic acids is 4. The number of nitrogens with zero attached hydrogens (tertiary/aromatic N) is 1. The highest BCUT2D eigenvalue weighted by molar-refractivity contribution is 7.97. The Kier molecular flexibility index (Phi) is 8.31. The van der Waals surface area contributed by atoms with Crippen molar-refractivity contribution in [3.8, 4) is 5.75 Å². The second kappa shape index (κ2) is 11.0. The number of aliphatic hydroxyl groups is 3. The van der Waals surface area contributed by atoms with E-state index in [9.17, 15) is 39.6 Å². The third kappa shape index (κ3) is 4.65. The van der Waals surface area contributed by atoms with Gasteiger partial charge in [0, 0.05) is 29.2 Å². The van der Waals surface area contributed by atoms with Crippen LogP contribution < -0.4 is 5.73 Å². The summed E-state index contributed by atoms with van der Waals surface area (Å²) in [5.74, 6) is -9.14. The Bertz CT molecular complexity index is 1490. The van der Waals surface area contributed by atoms with E-state index in [0.717, 1.165) is 5.56 Å². The lowest BCUT2D eigenvalue weighted by molar-refractivity contribution is -0.185. The monoisotopic (exact) mass is 616 g/mol.